The van der Waals surface area contributed by atoms with Crippen molar-refractivity contribution in [1.82, 2.24) is 9.62 Å². The molecule has 1 saturated heterocycles. The van der Waals surface area contributed by atoms with Gasteiger partial charge in [0.2, 0.25) is 10.0 Å². The van der Waals surface area contributed by atoms with Crippen LogP contribution in [0.4, 0.5) is 18.0 Å². The molecule has 2 N–H and O–H groups in total. The lowest BCUT2D eigenvalue weighted by Crippen LogP contribution is -2.44. The molecule has 0 radical (unpaired) electrons. The Hall–Kier alpha value is -2.63. The number of halogens is 3. The minimum absolute atomic E-state index is 0.133. The van der Waals surface area contributed by atoms with Crippen molar-refractivity contribution in [1.29, 1.82) is 0 Å². The Labute approximate surface area is 190 Å². The van der Waals surface area contributed by atoms with Crippen LogP contribution in [0.15, 0.2) is 54.6 Å². The molecule has 2 aromatic carbocycles. The molecule has 2 aromatic rings. The Kier molecular flexibility index (Phi) is 7.98. The molecule has 0 aliphatic carbocycles. The smallest absolute Gasteiger partial charge is 0.416 e. The molecule has 7 nitrogen and oxygen atoms in total. The maximum absolute atomic E-state index is 12.9. The number of hydrogen-bond donors (Lipinski definition) is 2. The molecule has 0 spiro atoms. The summed E-state index contributed by atoms with van der Waals surface area (Å²) in [5, 5.41) is 11.4. The predicted molar refractivity (Wildman–Crippen MR) is 115 cm³/mol. The van der Waals surface area contributed by atoms with Gasteiger partial charge in [0, 0.05) is 13.1 Å². The van der Waals surface area contributed by atoms with Crippen molar-refractivity contribution in [2.75, 3.05) is 18.8 Å². The summed E-state index contributed by atoms with van der Waals surface area (Å²) in [5.74, 6) is -0.402. The maximum Gasteiger partial charge on any atom is 0.416 e. The van der Waals surface area contributed by atoms with E-state index in [4.69, 9.17) is 9.84 Å². The number of carboxylic acid groups (broad SMARTS) is 1. The molecule has 0 bridgehead atoms. The number of piperidine rings is 1. The van der Waals surface area contributed by atoms with Crippen LogP contribution in [0.25, 0.3) is 0 Å². The van der Waals surface area contributed by atoms with Crippen LogP contribution in [0.2, 0.25) is 0 Å². The van der Waals surface area contributed by atoms with Gasteiger partial charge < -0.3 is 15.2 Å². The van der Waals surface area contributed by atoms with Crippen LogP contribution in [0, 0.1) is 0 Å². The van der Waals surface area contributed by atoms with Crippen molar-refractivity contribution in [3.63, 3.8) is 0 Å². The minimum Gasteiger partial charge on any atom is -0.465 e. The molecule has 0 saturated carbocycles. The Bertz CT molecular complexity index is 1020. The summed E-state index contributed by atoms with van der Waals surface area (Å²) in [6.45, 7) is 0.567. The number of carbonyl (C=O) groups is 1. The van der Waals surface area contributed by atoms with Crippen molar-refractivity contribution in [2.24, 2.45) is 0 Å². The quantitative estimate of drug-likeness (QED) is 0.588. The average Bonchev–Trinajstić information content (AvgIpc) is 2.77. The molecule has 1 fully saturated rings. The first-order chi connectivity index (χ1) is 15.5. The largest absolute Gasteiger partial charge is 0.465 e. The van der Waals surface area contributed by atoms with Crippen molar-refractivity contribution in [3.05, 3.63) is 71.3 Å². The average molecular weight is 487 g/mol. The van der Waals surface area contributed by atoms with Gasteiger partial charge >= 0.3 is 12.3 Å². The zero-order valence-electron chi connectivity index (χ0n) is 17.7. The van der Waals surface area contributed by atoms with Crippen molar-refractivity contribution >= 4 is 16.1 Å². The number of alkyl halides is 3. The molecule has 1 unspecified atom stereocenters. The highest BCUT2D eigenvalue weighted by atomic mass is 32.2. The summed E-state index contributed by atoms with van der Waals surface area (Å²) in [6, 6.07) is 12.3. The Morgan fingerprint density at radius 2 is 1.70 bits per heavy atom. The fourth-order valence-corrected chi connectivity index (χ4v) is 5.33. The first kappa shape index (κ1) is 25.0. The molecule has 1 heterocycles. The summed E-state index contributed by atoms with van der Waals surface area (Å²) in [6.07, 6.45) is -5.06. The lowest BCUT2D eigenvalue weighted by molar-refractivity contribution is -0.137. The zero-order valence-corrected chi connectivity index (χ0v) is 18.5. The van der Waals surface area contributed by atoms with Gasteiger partial charge in [-0.05, 0) is 36.1 Å². The molecule has 33 heavy (non-hydrogen) atoms. The van der Waals surface area contributed by atoms with Gasteiger partial charge in [0.15, 0.2) is 0 Å². The van der Waals surface area contributed by atoms with Gasteiger partial charge in [0.25, 0.3) is 0 Å². The molecular formula is C22H25F3N2O5S. The van der Waals surface area contributed by atoms with Crippen molar-refractivity contribution in [2.45, 2.75) is 37.8 Å². The van der Waals surface area contributed by atoms with Gasteiger partial charge in [0.1, 0.15) is 0 Å². The van der Waals surface area contributed by atoms with Gasteiger partial charge in [-0.2, -0.15) is 13.2 Å². The van der Waals surface area contributed by atoms with E-state index in [-0.39, 0.29) is 25.8 Å². The lowest BCUT2D eigenvalue weighted by Gasteiger charge is -2.32. The number of benzene rings is 2. The van der Waals surface area contributed by atoms with Crippen LogP contribution >= 0.6 is 0 Å². The first-order valence-electron chi connectivity index (χ1n) is 10.3. The fraction of sp³-hybridized carbons (Fsp3) is 0.409. The van der Waals surface area contributed by atoms with Gasteiger partial charge in [-0.1, -0.05) is 42.5 Å². The second kappa shape index (κ2) is 10.5. The Morgan fingerprint density at radius 1 is 1.09 bits per heavy atom. The standard InChI is InChI=1S/C22H25F3N2O5S/c23-22(24,25)18-8-6-16(7-9-18)14-32-19-10-12-27(13-11-19)33(30,31)15-20(26-21(28)29)17-4-2-1-3-5-17/h1-9,19-20,26H,10-15H2,(H,28,29). The van der Waals surface area contributed by atoms with E-state index < -0.39 is 39.7 Å². The second-order valence-electron chi connectivity index (χ2n) is 7.80. The van der Waals surface area contributed by atoms with Crippen molar-refractivity contribution in [3.8, 4) is 0 Å². The molecule has 1 atom stereocenters. The summed E-state index contributed by atoms with van der Waals surface area (Å²) in [4.78, 5) is 11.2. The van der Waals surface area contributed by atoms with Crippen LogP contribution in [0.5, 0.6) is 0 Å². The summed E-state index contributed by atoms with van der Waals surface area (Å²) >= 11 is 0. The predicted octanol–water partition coefficient (Wildman–Crippen LogP) is 4.03. The molecule has 3 rings (SSSR count). The van der Waals surface area contributed by atoms with Crippen LogP contribution in [-0.2, 0) is 27.5 Å². The monoisotopic (exact) mass is 486 g/mol. The molecule has 1 aliphatic heterocycles. The second-order valence-corrected chi connectivity index (χ2v) is 9.81. The van der Waals surface area contributed by atoms with Crippen molar-refractivity contribution < 1.29 is 36.2 Å². The highest BCUT2D eigenvalue weighted by Crippen LogP contribution is 2.29. The highest BCUT2D eigenvalue weighted by molar-refractivity contribution is 7.89. The number of rotatable bonds is 8. The molecule has 0 aromatic heterocycles. The van der Waals surface area contributed by atoms with Crippen LogP contribution in [0.1, 0.15) is 35.6 Å². The Morgan fingerprint density at radius 3 is 2.24 bits per heavy atom. The number of nitrogens with one attached hydrogen (secondary N) is 1. The minimum atomic E-state index is -4.39. The van der Waals surface area contributed by atoms with Crippen LogP contribution in [0.3, 0.4) is 0 Å². The normalized spacial score (nSPS) is 16.9. The number of ether oxygens (including phenoxy) is 1. The third kappa shape index (κ3) is 7.18. The Balaban J connectivity index is 1.53. The third-order valence-electron chi connectivity index (χ3n) is 5.44. The van der Waals surface area contributed by atoms with E-state index in [1.807, 2.05) is 0 Å². The SMILES string of the molecule is O=C(O)NC(CS(=O)(=O)N1CCC(OCc2ccc(C(F)(F)F)cc2)CC1)c1ccccc1. The lowest BCUT2D eigenvalue weighted by atomic mass is 10.1. The first-order valence-corrected chi connectivity index (χ1v) is 12.0. The zero-order chi connectivity index (χ0) is 24.1. The number of sulfonamides is 1. The summed E-state index contributed by atoms with van der Waals surface area (Å²) in [7, 11) is -3.74. The maximum atomic E-state index is 12.9. The van der Waals surface area contributed by atoms with E-state index in [2.05, 4.69) is 5.32 Å². The van der Waals surface area contributed by atoms with E-state index >= 15 is 0 Å². The van der Waals surface area contributed by atoms with E-state index in [1.54, 1.807) is 30.3 Å². The van der Waals surface area contributed by atoms with Gasteiger partial charge in [0.05, 0.1) is 30.1 Å². The number of amides is 1. The van der Waals surface area contributed by atoms with Gasteiger partial charge in [-0.25, -0.2) is 17.5 Å². The van der Waals surface area contributed by atoms with Gasteiger partial charge in [-0.15, -0.1) is 0 Å². The number of nitrogens with zero attached hydrogens (tertiary/aromatic N) is 1. The number of hydrogen-bond acceptors (Lipinski definition) is 4. The molecule has 1 aliphatic rings. The van der Waals surface area contributed by atoms with Gasteiger partial charge in [-0.3, -0.25) is 0 Å². The fourth-order valence-electron chi connectivity index (χ4n) is 3.65. The van der Waals surface area contributed by atoms with Crippen LogP contribution < -0.4 is 5.32 Å². The molecule has 180 valence electrons. The van der Waals surface area contributed by atoms with Crippen LogP contribution in [-0.4, -0.2) is 48.9 Å². The summed E-state index contributed by atoms with van der Waals surface area (Å²) < 4.78 is 70.9. The molecule has 1 amide bonds. The molecular weight excluding hydrogens is 461 g/mol. The highest BCUT2D eigenvalue weighted by Gasteiger charge is 2.32. The third-order valence-corrected chi connectivity index (χ3v) is 7.34. The topological polar surface area (TPSA) is 95.9 Å². The molecule has 11 heteroatoms. The van der Waals surface area contributed by atoms with E-state index in [0.29, 0.717) is 24.0 Å². The van der Waals surface area contributed by atoms with E-state index in [9.17, 15) is 26.4 Å². The van der Waals surface area contributed by atoms with E-state index in [0.717, 1.165) is 12.1 Å². The summed E-state index contributed by atoms with van der Waals surface area (Å²) in [5.41, 5.74) is 0.428. The van der Waals surface area contributed by atoms with E-state index in [1.165, 1.54) is 16.4 Å².